The molecule has 1 N–H and O–H groups in total. The maximum Gasteiger partial charge on any atom is 0.412 e. The van der Waals surface area contributed by atoms with Gasteiger partial charge >= 0.3 is 6.09 Å². The van der Waals surface area contributed by atoms with E-state index in [1.165, 1.54) is 0 Å². The van der Waals surface area contributed by atoms with Gasteiger partial charge < -0.3 is 19.1 Å². The second-order valence-electron chi connectivity index (χ2n) is 7.95. The number of hydrogen-bond donors (Lipinski definition) is 1. The number of nitrogens with zero attached hydrogens (tertiary/aromatic N) is 1. The van der Waals surface area contributed by atoms with Crippen molar-refractivity contribution in [2.75, 3.05) is 43.6 Å². The molecule has 2 aliphatic heterocycles. The molecule has 0 aromatic heterocycles. The highest BCUT2D eigenvalue weighted by atomic mass is 16.6. The lowest BCUT2D eigenvalue weighted by molar-refractivity contribution is -0.000315. The van der Waals surface area contributed by atoms with E-state index in [0.717, 1.165) is 44.8 Å². The summed E-state index contributed by atoms with van der Waals surface area (Å²) in [5.74, 6) is 0.676. The molecule has 6 nitrogen and oxygen atoms in total. The largest absolute Gasteiger partial charge is 0.492 e. The van der Waals surface area contributed by atoms with Crippen molar-refractivity contribution < 1.29 is 19.0 Å². The predicted molar refractivity (Wildman–Crippen MR) is 97.5 cm³/mol. The quantitative estimate of drug-likeness (QED) is 0.903. The van der Waals surface area contributed by atoms with Gasteiger partial charge in [0.25, 0.3) is 0 Å². The maximum atomic E-state index is 12.1. The average Bonchev–Trinajstić information content (AvgIpc) is 2.51. The van der Waals surface area contributed by atoms with Crippen molar-refractivity contribution in [3.05, 3.63) is 18.2 Å². The molecule has 1 aromatic carbocycles. The Kier molecular flexibility index (Phi) is 4.82. The molecule has 2 saturated heterocycles. The predicted octanol–water partition coefficient (Wildman–Crippen LogP) is 3.66. The number of hydrogen-bond acceptors (Lipinski definition) is 5. The number of rotatable bonds is 3. The molecule has 3 rings (SSSR count). The van der Waals surface area contributed by atoms with Crippen LogP contribution in [0.2, 0.25) is 0 Å². The van der Waals surface area contributed by atoms with Crippen molar-refractivity contribution in [2.24, 2.45) is 5.41 Å². The van der Waals surface area contributed by atoms with E-state index in [-0.39, 0.29) is 0 Å². The Morgan fingerprint density at radius 2 is 1.92 bits per heavy atom. The van der Waals surface area contributed by atoms with Crippen LogP contribution in [0.4, 0.5) is 16.2 Å². The van der Waals surface area contributed by atoms with E-state index < -0.39 is 11.7 Å². The van der Waals surface area contributed by atoms with Crippen LogP contribution in [-0.2, 0) is 9.47 Å². The van der Waals surface area contributed by atoms with Crippen molar-refractivity contribution in [2.45, 2.75) is 39.2 Å². The third kappa shape index (κ3) is 4.00. The van der Waals surface area contributed by atoms with Crippen LogP contribution >= 0.6 is 0 Å². The average molecular weight is 348 g/mol. The van der Waals surface area contributed by atoms with Gasteiger partial charge in [0.05, 0.1) is 18.5 Å². The standard InChI is InChI=1S/C19H28N2O4/c1-18(2,3)25-17(22)20-14-6-5-7-15(16(14)23-4)21-12-19(13-21)8-10-24-11-9-19/h5-7H,8-13H2,1-4H3,(H,20,22). The van der Waals surface area contributed by atoms with Gasteiger partial charge in [0.1, 0.15) is 5.60 Å². The number of carbonyl (C=O) groups is 1. The minimum absolute atomic E-state index is 0.373. The van der Waals surface area contributed by atoms with Crippen LogP contribution in [0.1, 0.15) is 33.6 Å². The van der Waals surface area contributed by atoms with E-state index in [1.807, 2.05) is 39.0 Å². The van der Waals surface area contributed by atoms with Crippen LogP contribution in [0.15, 0.2) is 18.2 Å². The lowest BCUT2D eigenvalue weighted by Gasteiger charge is -2.53. The molecule has 1 aromatic rings. The van der Waals surface area contributed by atoms with E-state index in [4.69, 9.17) is 14.2 Å². The first kappa shape index (κ1) is 17.9. The molecule has 0 saturated carbocycles. The molecule has 1 amide bonds. The molecule has 2 fully saturated rings. The fourth-order valence-corrected chi connectivity index (χ4v) is 3.55. The van der Waals surface area contributed by atoms with Crippen LogP contribution in [0, 0.1) is 5.41 Å². The summed E-state index contributed by atoms with van der Waals surface area (Å²) in [6.45, 7) is 9.23. The Bertz CT molecular complexity index is 625. The molecule has 1 spiro atoms. The smallest absolute Gasteiger partial charge is 0.412 e. The molecule has 2 aliphatic rings. The van der Waals surface area contributed by atoms with Gasteiger partial charge in [0.15, 0.2) is 5.75 Å². The Balaban J connectivity index is 1.72. The third-order valence-corrected chi connectivity index (χ3v) is 4.78. The fraction of sp³-hybridized carbons (Fsp3) is 0.632. The minimum Gasteiger partial charge on any atom is -0.492 e. The summed E-state index contributed by atoms with van der Waals surface area (Å²) in [6.07, 6.45) is 1.75. The number of nitrogens with one attached hydrogen (secondary N) is 1. The number of methoxy groups -OCH3 is 1. The van der Waals surface area contributed by atoms with Crippen molar-refractivity contribution in [1.29, 1.82) is 0 Å². The van der Waals surface area contributed by atoms with E-state index in [1.54, 1.807) is 7.11 Å². The zero-order valence-corrected chi connectivity index (χ0v) is 15.6. The summed E-state index contributed by atoms with van der Waals surface area (Å²) in [4.78, 5) is 14.4. The molecular weight excluding hydrogens is 320 g/mol. The van der Waals surface area contributed by atoms with Crippen LogP contribution in [0.5, 0.6) is 5.75 Å². The van der Waals surface area contributed by atoms with Crippen LogP contribution in [0.3, 0.4) is 0 Å². The van der Waals surface area contributed by atoms with Crippen molar-refractivity contribution in [3.63, 3.8) is 0 Å². The molecule has 138 valence electrons. The first-order valence-corrected chi connectivity index (χ1v) is 8.82. The lowest BCUT2D eigenvalue weighted by Crippen LogP contribution is -2.58. The van der Waals surface area contributed by atoms with Gasteiger partial charge in [-0.05, 0) is 45.7 Å². The number of para-hydroxylation sites is 1. The van der Waals surface area contributed by atoms with Crippen LogP contribution < -0.4 is 15.0 Å². The molecule has 6 heteroatoms. The first-order chi connectivity index (χ1) is 11.8. The normalized spacial score (nSPS) is 19.3. The fourth-order valence-electron chi connectivity index (χ4n) is 3.55. The van der Waals surface area contributed by atoms with Crippen molar-refractivity contribution in [1.82, 2.24) is 0 Å². The zero-order chi connectivity index (χ0) is 18.1. The van der Waals surface area contributed by atoms with Gasteiger partial charge in [-0.15, -0.1) is 0 Å². The van der Waals surface area contributed by atoms with Gasteiger partial charge in [0, 0.05) is 31.7 Å². The Hall–Kier alpha value is -1.95. The topological polar surface area (TPSA) is 60.0 Å². The summed E-state index contributed by atoms with van der Waals surface area (Å²) in [5.41, 5.74) is 1.47. The number of ether oxygens (including phenoxy) is 3. The zero-order valence-electron chi connectivity index (χ0n) is 15.6. The van der Waals surface area contributed by atoms with Gasteiger partial charge in [-0.1, -0.05) is 6.07 Å². The highest BCUT2D eigenvalue weighted by Crippen LogP contribution is 2.46. The number of carbonyl (C=O) groups excluding carboxylic acids is 1. The van der Waals surface area contributed by atoms with Crippen molar-refractivity contribution in [3.8, 4) is 5.75 Å². The molecule has 25 heavy (non-hydrogen) atoms. The van der Waals surface area contributed by atoms with Crippen LogP contribution in [-0.4, -0.2) is 45.1 Å². The van der Waals surface area contributed by atoms with Gasteiger partial charge in [-0.2, -0.15) is 0 Å². The SMILES string of the molecule is COc1c(NC(=O)OC(C)(C)C)cccc1N1CC2(CCOCC2)C1. The number of anilines is 2. The van der Waals surface area contributed by atoms with E-state index >= 15 is 0 Å². The molecule has 0 radical (unpaired) electrons. The molecule has 2 heterocycles. The molecule has 0 atom stereocenters. The molecule has 0 aliphatic carbocycles. The molecule has 0 unspecified atom stereocenters. The van der Waals surface area contributed by atoms with Gasteiger partial charge in [0.2, 0.25) is 0 Å². The minimum atomic E-state index is -0.540. The van der Waals surface area contributed by atoms with Crippen LogP contribution in [0.25, 0.3) is 0 Å². The van der Waals surface area contributed by atoms with E-state index in [0.29, 0.717) is 16.9 Å². The summed E-state index contributed by atoms with van der Waals surface area (Å²) in [7, 11) is 1.63. The maximum absolute atomic E-state index is 12.1. The van der Waals surface area contributed by atoms with E-state index in [2.05, 4.69) is 10.2 Å². The summed E-state index contributed by atoms with van der Waals surface area (Å²) in [5, 5.41) is 2.80. The van der Waals surface area contributed by atoms with Gasteiger partial charge in [-0.3, -0.25) is 5.32 Å². The highest BCUT2D eigenvalue weighted by molar-refractivity contribution is 5.89. The Morgan fingerprint density at radius 1 is 1.24 bits per heavy atom. The third-order valence-electron chi connectivity index (χ3n) is 4.78. The second-order valence-corrected chi connectivity index (χ2v) is 7.95. The van der Waals surface area contributed by atoms with E-state index in [9.17, 15) is 4.79 Å². The molecular formula is C19H28N2O4. The Labute approximate surface area is 149 Å². The van der Waals surface area contributed by atoms with Crippen molar-refractivity contribution >= 4 is 17.5 Å². The molecule has 0 bridgehead atoms. The van der Waals surface area contributed by atoms with Gasteiger partial charge in [-0.25, -0.2) is 4.79 Å². The first-order valence-electron chi connectivity index (χ1n) is 8.82. The lowest BCUT2D eigenvalue weighted by atomic mass is 9.73. The second kappa shape index (κ2) is 6.75. The summed E-state index contributed by atoms with van der Waals surface area (Å²) < 4.78 is 16.4. The summed E-state index contributed by atoms with van der Waals surface area (Å²) in [6, 6.07) is 5.79. The summed E-state index contributed by atoms with van der Waals surface area (Å²) >= 11 is 0. The Morgan fingerprint density at radius 3 is 2.52 bits per heavy atom. The highest BCUT2D eigenvalue weighted by Gasteiger charge is 2.44. The monoisotopic (exact) mass is 348 g/mol. The number of benzene rings is 1. The number of amides is 1.